The van der Waals surface area contributed by atoms with Crippen LogP contribution in [-0.2, 0) is 19.6 Å². The van der Waals surface area contributed by atoms with Crippen LogP contribution in [0.5, 0.6) is 0 Å². The molecule has 0 aliphatic heterocycles. The molecule has 0 aromatic heterocycles. The Kier molecular flexibility index (Phi) is 18.0. The lowest BCUT2D eigenvalue weighted by Gasteiger charge is -2.12. The number of hydrogen-bond donors (Lipinski definition) is 1. The Morgan fingerprint density at radius 1 is 0.703 bits per heavy atom. The number of carbonyl (C=O) groups excluding carboxylic acids is 2. The van der Waals surface area contributed by atoms with Gasteiger partial charge in [0.1, 0.15) is 11.9 Å². The quantitative estimate of drug-likeness (QED) is 0.0919. The van der Waals surface area contributed by atoms with Gasteiger partial charge in [-0.1, -0.05) is 115 Å². The molecule has 0 aliphatic carbocycles. The van der Waals surface area contributed by atoms with Crippen LogP contribution in [0.2, 0.25) is 0 Å². The number of ether oxygens (including phenoxy) is 2. The summed E-state index contributed by atoms with van der Waals surface area (Å²) >= 11 is 0. The van der Waals surface area contributed by atoms with E-state index < -0.39 is 33.9 Å². The number of esters is 2. The molecule has 1 unspecified atom stereocenters. The molecule has 37 heavy (non-hydrogen) atoms. The molecule has 0 spiro atoms. The second-order valence-corrected chi connectivity index (χ2v) is 11.7. The third kappa shape index (κ3) is 15.8. The van der Waals surface area contributed by atoms with Crippen LogP contribution < -0.4 is 0 Å². The Morgan fingerprint density at radius 2 is 1.08 bits per heavy atom. The van der Waals surface area contributed by atoms with Crippen molar-refractivity contribution in [1.29, 1.82) is 0 Å². The zero-order valence-corrected chi connectivity index (χ0v) is 23.7. The summed E-state index contributed by atoms with van der Waals surface area (Å²) in [7, 11) is -4.31. The Bertz CT molecular complexity index is 867. The van der Waals surface area contributed by atoms with Crippen molar-refractivity contribution < 1.29 is 32.0 Å². The molecule has 0 heterocycles. The van der Waals surface area contributed by atoms with Gasteiger partial charge in [-0.05, 0) is 25.5 Å². The first kappa shape index (κ1) is 33.1. The van der Waals surface area contributed by atoms with Gasteiger partial charge in [0.2, 0.25) is 0 Å². The first-order chi connectivity index (χ1) is 17.8. The van der Waals surface area contributed by atoms with E-state index in [-0.39, 0.29) is 17.7 Å². The third-order valence-corrected chi connectivity index (χ3v) is 7.71. The molecule has 0 saturated heterocycles. The highest BCUT2D eigenvalue weighted by molar-refractivity contribution is 7.86. The largest absolute Gasteiger partial charge is 0.462 e. The maximum absolute atomic E-state index is 12.5. The van der Waals surface area contributed by atoms with E-state index in [1.165, 1.54) is 103 Å². The maximum Gasteiger partial charge on any atom is 0.339 e. The van der Waals surface area contributed by atoms with Gasteiger partial charge in [0.25, 0.3) is 10.1 Å². The van der Waals surface area contributed by atoms with Crippen LogP contribution in [0, 0.1) is 0 Å². The summed E-state index contributed by atoms with van der Waals surface area (Å²) in [6.45, 7) is 3.24. The average Bonchev–Trinajstić information content (AvgIpc) is 2.88. The van der Waals surface area contributed by atoms with Gasteiger partial charge >= 0.3 is 11.9 Å². The lowest BCUT2D eigenvalue weighted by Crippen LogP contribution is -2.25. The Morgan fingerprint density at radius 3 is 1.49 bits per heavy atom. The summed E-state index contributed by atoms with van der Waals surface area (Å²) in [6.07, 6.45) is 20.3. The standard InChI is InChI=1S/C29H48O7S/c1-3-4-5-6-7-8-9-10-11-12-13-14-15-16-17-20-23-35-28(30)26-21-18-19-22-27(26)29(31)36-24-25(2)37(32,33)34/h18-19,21-22,25H,3-17,20,23-24H2,1-2H3,(H,32,33,34). The van der Waals surface area contributed by atoms with Crippen LogP contribution in [0.25, 0.3) is 0 Å². The van der Waals surface area contributed by atoms with Crippen molar-refractivity contribution in [2.45, 2.75) is 122 Å². The predicted molar refractivity (Wildman–Crippen MR) is 148 cm³/mol. The van der Waals surface area contributed by atoms with Crippen LogP contribution in [-0.4, -0.2) is 43.4 Å². The van der Waals surface area contributed by atoms with Gasteiger partial charge in [-0.3, -0.25) is 4.55 Å². The predicted octanol–water partition coefficient (Wildman–Crippen LogP) is 7.54. The summed E-state index contributed by atoms with van der Waals surface area (Å²) in [5.41, 5.74) is 0.0745. The summed E-state index contributed by atoms with van der Waals surface area (Å²) in [6, 6.07) is 6.09. The fourth-order valence-electron chi connectivity index (χ4n) is 4.09. The summed E-state index contributed by atoms with van der Waals surface area (Å²) in [5.74, 6) is -1.46. The third-order valence-electron chi connectivity index (χ3n) is 6.56. The fraction of sp³-hybridized carbons (Fsp3) is 0.724. The highest BCUT2D eigenvalue weighted by atomic mass is 32.2. The molecule has 1 aromatic carbocycles. The van der Waals surface area contributed by atoms with Gasteiger partial charge in [-0.15, -0.1) is 0 Å². The first-order valence-corrected chi connectivity index (χ1v) is 15.7. The molecule has 0 amide bonds. The second-order valence-electron chi connectivity index (χ2n) is 9.91. The van der Waals surface area contributed by atoms with Crippen molar-refractivity contribution in [2.75, 3.05) is 13.2 Å². The Hall–Kier alpha value is -1.93. The molecule has 7 nitrogen and oxygen atoms in total. The second kappa shape index (κ2) is 20.1. The SMILES string of the molecule is CCCCCCCCCCCCCCCCCCOC(=O)c1ccccc1C(=O)OCC(C)S(=O)(=O)O. The average molecular weight is 541 g/mol. The Labute approximate surface area is 224 Å². The number of hydrogen-bond acceptors (Lipinski definition) is 6. The van der Waals surface area contributed by atoms with E-state index in [4.69, 9.17) is 14.0 Å². The van der Waals surface area contributed by atoms with Gasteiger partial charge in [-0.25, -0.2) is 9.59 Å². The topological polar surface area (TPSA) is 107 Å². The first-order valence-electron chi connectivity index (χ1n) is 14.2. The minimum Gasteiger partial charge on any atom is -0.462 e. The highest BCUT2D eigenvalue weighted by Crippen LogP contribution is 2.15. The van der Waals surface area contributed by atoms with Crippen molar-refractivity contribution in [3.05, 3.63) is 35.4 Å². The van der Waals surface area contributed by atoms with Crippen LogP contribution in [0.15, 0.2) is 24.3 Å². The lowest BCUT2D eigenvalue weighted by molar-refractivity contribution is 0.0454. The maximum atomic E-state index is 12.5. The van der Waals surface area contributed by atoms with Crippen molar-refractivity contribution in [3.63, 3.8) is 0 Å². The summed E-state index contributed by atoms with van der Waals surface area (Å²) < 4.78 is 41.4. The van der Waals surface area contributed by atoms with Crippen LogP contribution in [0.4, 0.5) is 0 Å². The van der Waals surface area contributed by atoms with Gasteiger partial charge in [0.05, 0.1) is 17.7 Å². The van der Waals surface area contributed by atoms with E-state index in [0.29, 0.717) is 0 Å². The Balaban J connectivity index is 2.12. The van der Waals surface area contributed by atoms with E-state index in [1.54, 1.807) is 12.1 Å². The van der Waals surface area contributed by atoms with Crippen LogP contribution in [0.1, 0.15) is 137 Å². The summed E-state index contributed by atoms with van der Waals surface area (Å²) in [5, 5.41) is -1.26. The zero-order valence-electron chi connectivity index (χ0n) is 22.9. The van der Waals surface area contributed by atoms with Crippen LogP contribution >= 0.6 is 0 Å². The summed E-state index contributed by atoms with van der Waals surface area (Å²) in [4.78, 5) is 24.8. The van der Waals surface area contributed by atoms with E-state index in [1.807, 2.05) is 0 Å². The van der Waals surface area contributed by atoms with Crippen molar-refractivity contribution in [2.24, 2.45) is 0 Å². The normalized spacial score (nSPS) is 12.3. The van der Waals surface area contributed by atoms with E-state index in [2.05, 4.69) is 6.92 Å². The van der Waals surface area contributed by atoms with Crippen molar-refractivity contribution in [3.8, 4) is 0 Å². The molecule has 1 rings (SSSR count). The number of unbranched alkanes of at least 4 members (excludes halogenated alkanes) is 15. The molecule has 212 valence electrons. The van der Waals surface area contributed by atoms with Crippen molar-refractivity contribution in [1.82, 2.24) is 0 Å². The molecular formula is C29H48O7S. The minimum absolute atomic E-state index is 0.00186. The molecular weight excluding hydrogens is 492 g/mol. The van der Waals surface area contributed by atoms with Crippen molar-refractivity contribution >= 4 is 22.1 Å². The molecule has 0 bridgehead atoms. The molecule has 0 aliphatic rings. The lowest BCUT2D eigenvalue weighted by atomic mass is 10.0. The molecule has 8 heteroatoms. The van der Waals surface area contributed by atoms with E-state index >= 15 is 0 Å². The molecule has 1 aromatic rings. The minimum atomic E-state index is -4.31. The number of rotatable bonds is 22. The van der Waals surface area contributed by atoms with E-state index in [9.17, 15) is 18.0 Å². The number of benzene rings is 1. The van der Waals surface area contributed by atoms with Gasteiger partial charge in [-0.2, -0.15) is 8.42 Å². The van der Waals surface area contributed by atoms with Crippen LogP contribution in [0.3, 0.4) is 0 Å². The number of carbonyl (C=O) groups is 2. The molecule has 0 radical (unpaired) electrons. The van der Waals surface area contributed by atoms with Gasteiger partial charge in [0, 0.05) is 0 Å². The zero-order chi connectivity index (χ0) is 27.4. The smallest absolute Gasteiger partial charge is 0.339 e. The van der Waals surface area contributed by atoms with Gasteiger partial charge in [0.15, 0.2) is 0 Å². The molecule has 0 fully saturated rings. The van der Waals surface area contributed by atoms with Gasteiger partial charge < -0.3 is 9.47 Å². The monoisotopic (exact) mass is 540 g/mol. The van der Waals surface area contributed by atoms with E-state index in [0.717, 1.165) is 19.3 Å². The molecule has 1 N–H and O–H groups in total. The highest BCUT2D eigenvalue weighted by Gasteiger charge is 2.23. The molecule has 0 saturated carbocycles. The fourth-order valence-corrected chi connectivity index (χ4v) is 4.33. The molecule has 1 atom stereocenters.